The average molecular weight is 259 g/mol. The normalized spacial score (nSPS) is 28.2. The van der Waals surface area contributed by atoms with Crippen LogP contribution in [-0.2, 0) is 4.79 Å². The average Bonchev–Trinajstić information content (AvgIpc) is 2.31. The Morgan fingerprint density at radius 3 is 2.41 bits per heavy atom. The van der Waals surface area contributed by atoms with Crippen LogP contribution in [0.25, 0.3) is 0 Å². The van der Waals surface area contributed by atoms with Crippen LogP contribution in [0.5, 0.6) is 0 Å². The molecule has 3 atom stereocenters. The number of hydrogen-bond donors (Lipinski definition) is 1. The maximum Gasteiger partial charge on any atom is 0.239 e. The van der Waals surface area contributed by atoms with Crippen LogP contribution in [0.15, 0.2) is 0 Å². The predicted molar refractivity (Wildman–Crippen MR) is 74.2 cm³/mol. The van der Waals surface area contributed by atoms with E-state index < -0.39 is 0 Å². The largest absolute Gasteiger partial charge is 0.338 e. The van der Waals surface area contributed by atoms with Gasteiger partial charge in [0.2, 0.25) is 5.91 Å². The van der Waals surface area contributed by atoms with Crippen LogP contribution < -0.4 is 5.73 Å². The lowest BCUT2D eigenvalue weighted by Crippen LogP contribution is -2.59. The van der Waals surface area contributed by atoms with Crippen molar-refractivity contribution in [2.45, 2.75) is 38.4 Å². The summed E-state index contributed by atoms with van der Waals surface area (Å²) in [5, 5.41) is 0. The van der Waals surface area contributed by atoms with Gasteiger partial charge >= 0.3 is 0 Å². The Balaban J connectivity index is 2.52. The maximum absolute atomic E-state index is 12.2. The topological polar surface area (TPSA) is 49.6 Å². The van der Waals surface area contributed by atoms with Gasteiger partial charge in [-0.25, -0.2) is 0 Å². The molecule has 0 radical (unpaired) electrons. The zero-order valence-corrected chi connectivity index (χ0v) is 12.2. The Hall–Kier alpha value is -0.260. The molecule has 0 saturated carbocycles. The molecule has 1 aliphatic heterocycles. The first kappa shape index (κ1) is 14.8. The molecule has 1 saturated heterocycles. The van der Waals surface area contributed by atoms with Crippen molar-refractivity contribution in [3.63, 3.8) is 0 Å². The van der Waals surface area contributed by atoms with Crippen LogP contribution in [0.3, 0.4) is 0 Å². The minimum absolute atomic E-state index is 0.117. The van der Waals surface area contributed by atoms with Crippen molar-refractivity contribution in [1.29, 1.82) is 0 Å². The molecular weight excluding hydrogens is 234 g/mol. The number of carbonyl (C=O) groups is 1. The van der Waals surface area contributed by atoms with Gasteiger partial charge in [-0.2, -0.15) is 11.8 Å². The molecule has 1 heterocycles. The summed E-state index contributed by atoms with van der Waals surface area (Å²) in [6.07, 6.45) is 2.81. The predicted octanol–water partition coefficient (Wildman–Crippen LogP) is 0.618. The molecule has 0 aromatic carbocycles. The monoisotopic (exact) mass is 259 g/mol. The molecule has 2 unspecified atom stereocenters. The van der Waals surface area contributed by atoms with E-state index in [4.69, 9.17) is 5.73 Å². The fraction of sp³-hybridized carbons (Fsp3) is 0.917. The van der Waals surface area contributed by atoms with Crippen molar-refractivity contribution >= 4 is 17.7 Å². The van der Waals surface area contributed by atoms with E-state index in [9.17, 15) is 4.79 Å². The molecule has 2 N–H and O–H groups in total. The minimum atomic E-state index is -0.328. The van der Waals surface area contributed by atoms with E-state index in [1.54, 1.807) is 11.8 Å². The van der Waals surface area contributed by atoms with Gasteiger partial charge in [0.1, 0.15) is 0 Å². The lowest BCUT2D eigenvalue weighted by molar-refractivity contribution is -0.136. The van der Waals surface area contributed by atoms with Crippen molar-refractivity contribution < 1.29 is 4.79 Å². The third kappa shape index (κ3) is 3.86. The quantitative estimate of drug-likeness (QED) is 0.804. The Labute approximate surface area is 109 Å². The van der Waals surface area contributed by atoms with Gasteiger partial charge in [-0.05, 0) is 39.3 Å². The molecule has 1 rings (SSSR count). The highest BCUT2D eigenvalue weighted by Gasteiger charge is 2.31. The molecule has 0 aliphatic carbocycles. The molecule has 4 nitrogen and oxygen atoms in total. The first-order chi connectivity index (χ1) is 7.97. The highest BCUT2D eigenvalue weighted by Crippen LogP contribution is 2.14. The first-order valence-corrected chi connectivity index (χ1v) is 7.62. The number of rotatable bonds is 4. The summed E-state index contributed by atoms with van der Waals surface area (Å²) < 4.78 is 0. The van der Waals surface area contributed by atoms with Crippen LogP contribution in [0.4, 0.5) is 0 Å². The van der Waals surface area contributed by atoms with Crippen molar-refractivity contribution in [3.05, 3.63) is 0 Å². The standard InChI is InChI=1S/C12H25N3OS/c1-9-7-15(8-10(2)14(9)3)12(16)11(13)5-6-17-4/h9-11H,5-8,13H2,1-4H3/t9?,10?,11-/m1/s1. The smallest absolute Gasteiger partial charge is 0.239 e. The summed E-state index contributed by atoms with van der Waals surface area (Å²) in [5.41, 5.74) is 5.94. The minimum Gasteiger partial charge on any atom is -0.338 e. The van der Waals surface area contributed by atoms with Gasteiger partial charge in [-0.3, -0.25) is 9.69 Å². The number of thioether (sulfide) groups is 1. The Morgan fingerprint density at radius 2 is 1.94 bits per heavy atom. The molecule has 0 aromatic rings. The summed E-state index contributed by atoms with van der Waals surface area (Å²) in [4.78, 5) is 16.4. The lowest BCUT2D eigenvalue weighted by Gasteiger charge is -2.43. The lowest BCUT2D eigenvalue weighted by atomic mass is 10.1. The summed E-state index contributed by atoms with van der Waals surface area (Å²) >= 11 is 1.74. The van der Waals surface area contributed by atoms with E-state index >= 15 is 0 Å². The highest BCUT2D eigenvalue weighted by atomic mass is 32.2. The van der Waals surface area contributed by atoms with Crippen molar-refractivity contribution in [2.75, 3.05) is 32.1 Å². The first-order valence-electron chi connectivity index (χ1n) is 6.22. The second-order valence-corrected chi connectivity index (χ2v) is 5.98. The van der Waals surface area contributed by atoms with E-state index in [0.29, 0.717) is 12.1 Å². The summed E-state index contributed by atoms with van der Waals surface area (Å²) in [5.74, 6) is 1.07. The SMILES string of the molecule is CSCC[C@@H](N)C(=O)N1CC(C)N(C)C(C)C1. The van der Waals surface area contributed by atoms with Gasteiger partial charge in [0.25, 0.3) is 0 Å². The van der Waals surface area contributed by atoms with Gasteiger partial charge in [0.15, 0.2) is 0 Å². The Morgan fingerprint density at radius 1 is 1.41 bits per heavy atom. The molecule has 1 fully saturated rings. The number of nitrogens with two attached hydrogens (primary N) is 1. The van der Waals surface area contributed by atoms with Crippen molar-refractivity contribution in [2.24, 2.45) is 5.73 Å². The van der Waals surface area contributed by atoms with E-state index in [2.05, 4.69) is 25.8 Å². The number of hydrogen-bond acceptors (Lipinski definition) is 4. The van der Waals surface area contributed by atoms with E-state index in [1.807, 2.05) is 11.2 Å². The molecular formula is C12H25N3OS. The van der Waals surface area contributed by atoms with E-state index in [0.717, 1.165) is 25.3 Å². The van der Waals surface area contributed by atoms with E-state index in [1.165, 1.54) is 0 Å². The molecule has 0 spiro atoms. The van der Waals surface area contributed by atoms with Gasteiger partial charge in [-0.1, -0.05) is 0 Å². The molecule has 0 bridgehead atoms. The van der Waals surface area contributed by atoms with Gasteiger partial charge < -0.3 is 10.6 Å². The zero-order chi connectivity index (χ0) is 13.0. The molecule has 1 amide bonds. The van der Waals surface area contributed by atoms with Crippen LogP contribution in [-0.4, -0.2) is 66.0 Å². The van der Waals surface area contributed by atoms with Gasteiger partial charge in [-0.15, -0.1) is 0 Å². The van der Waals surface area contributed by atoms with Crippen LogP contribution in [0.1, 0.15) is 20.3 Å². The van der Waals surface area contributed by atoms with Gasteiger partial charge in [0.05, 0.1) is 6.04 Å². The van der Waals surface area contributed by atoms with Gasteiger partial charge in [0, 0.05) is 25.2 Å². The molecule has 1 aliphatic rings. The van der Waals surface area contributed by atoms with Crippen molar-refractivity contribution in [1.82, 2.24) is 9.80 Å². The fourth-order valence-electron chi connectivity index (χ4n) is 2.19. The third-order valence-corrected chi connectivity index (χ3v) is 4.27. The summed E-state index contributed by atoms with van der Waals surface area (Å²) in [6, 6.07) is 0.496. The third-order valence-electron chi connectivity index (χ3n) is 3.62. The molecule has 100 valence electrons. The fourth-order valence-corrected chi connectivity index (χ4v) is 2.68. The maximum atomic E-state index is 12.2. The van der Waals surface area contributed by atoms with Crippen LogP contribution in [0.2, 0.25) is 0 Å². The number of piperazine rings is 1. The number of carbonyl (C=O) groups excluding carboxylic acids is 1. The molecule has 5 heteroatoms. The molecule has 0 aromatic heterocycles. The summed E-state index contributed by atoms with van der Waals surface area (Å²) in [7, 11) is 2.12. The van der Waals surface area contributed by atoms with Crippen molar-refractivity contribution in [3.8, 4) is 0 Å². The highest BCUT2D eigenvalue weighted by molar-refractivity contribution is 7.98. The number of amides is 1. The van der Waals surface area contributed by atoms with E-state index in [-0.39, 0.29) is 11.9 Å². The second kappa shape index (κ2) is 6.61. The number of nitrogens with zero attached hydrogens (tertiary/aromatic N) is 2. The Kier molecular flexibility index (Phi) is 5.76. The summed E-state index contributed by atoms with van der Waals surface area (Å²) in [6.45, 7) is 5.91. The van der Waals surface area contributed by atoms with Crippen LogP contribution >= 0.6 is 11.8 Å². The second-order valence-electron chi connectivity index (χ2n) is 4.99. The number of likely N-dealkylation sites (N-methyl/N-ethyl adjacent to an activating group) is 1. The Bertz CT molecular complexity index is 250. The molecule has 17 heavy (non-hydrogen) atoms. The van der Waals surface area contributed by atoms with Crippen LogP contribution in [0, 0.1) is 0 Å². The zero-order valence-electron chi connectivity index (χ0n) is 11.3.